The molecule has 1 unspecified atom stereocenters. The zero-order valence-corrected chi connectivity index (χ0v) is 11.7. The van der Waals surface area contributed by atoms with Crippen LogP contribution in [0.5, 0.6) is 0 Å². The summed E-state index contributed by atoms with van der Waals surface area (Å²) in [6, 6.07) is 0.0350. The number of hydrogen-bond donors (Lipinski definition) is 3. The second kappa shape index (κ2) is 7.40. The minimum Gasteiger partial charge on any atom is -0.396 e. The summed E-state index contributed by atoms with van der Waals surface area (Å²) in [6.07, 6.45) is 6.55. The number of rotatable bonds is 7. The molecule has 0 bridgehead atoms. The Labute approximate surface area is 118 Å². The molecule has 1 aromatic heterocycles. The summed E-state index contributed by atoms with van der Waals surface area (Å²) in [5.74, 6) is 0.0335. The van der Waals surface area contributed by atoms with Crippen molar-refractivity contribution in [1.82, 2.24) is 15.1 Å². The molecule has 3 N–H and O–H groups in total. The first kappa shape index (κ1) is 15.0. The molecule has 1 amide bonds. The van der Waals surface area contributed by atoms with E-state index in [1.165, 1.54) is 0 Å². The third kappa shape index (κ3) is 3.58. The van der Waals surface area contributed by atoms with Crippen molar-refractivity contribution in [2.75, 3.05) is 13.2 Å². The van der Waals surface area contributed by atoms with E-state index in [-0.39, 0.29) is 25.2 Å². The van der Waals surface area contributed by atoms with E-state index in [1.807, 2.05) is 10.9 Å². The SMILES string of the molecule is O=C(CCCCO)NC1CCCc2c1cnn2CCO. The van der Waals surface area contributed by atoms with Gasteiger partial charge in [-0.2, -0.15) is 5.10 Å². The van der Waals surface area contributed by atoms with E-state index < -0.39 is 0 Å². The van der Waals surface area contributed by atoms with Crippen molar-refractivity contribution in [3.05, 3.63) is 17.5 Å². The van der Waals surface area contributed by atoms with Gasteiger partial charge >= 0.3 is 0 Å². The molecule has 0 fully saturated rings. The van der Waals surface area contributed by atoms with Crippen LogP contribution in [-0.2, 0) is 17.8 Å². The molecule has 112 valence electrons. The molecular weight excluding hydrogens is 258 g/mol. The molecular formula is C14H23N3O3. The standard InChI is InChI=1S/C14H23N3O3/c18-8-2-1-6-14(20)16-12-4-3-5-13-11(12)10-15-17(13)7-9-19/h10,12,18-19H,1-9H2,(H,16,20). The highest BCUT2D eigenvalue weighted by Gasteiger charge is 2.25. The lowest BCUT2D eigenvalue weighted by molar-refractivity contribution is -0.122. The molecule has 0 saturated carbocycles. The molecule has 1 aromatic rings. The normalized spacial score (nSPS) is 17.8. The van der Waals surface area contributed by atoms with Gasteiger partial charge in [0.15, 0.2) is 0 Å². The molecule has 0 saturated heterocycles. The smallest absolute Gasteiger partial charge is 0.220 e. The quantitative estimate of drug-likeness (QED) is 0.636. The summed E-state index contributed by atoms with van der Waals surface area (Å²) in [4.78, 5) is 11.9. The minimum atomic E-state index is 0.0335. The molecule has 6 heteroatoms. The number of amides is 1. The number of aliphatic hydroxyl groups excluding tert-OH is 2. The van der Waals surface area contributed by atoms with Gasteiger partial charge in [-0.1, -0.05) is 0 Å². The second-order valence-electron chi connectivity index (χ2n) is 5.19. The van der Waals surface area contributed by atoms with Crippen LogP contribution in [0, 0.1) is 0 Å². The van der Waals surface area contributed by atoms with Gasteiger partial charge in [-0.15, -0.1) is 0 Å². The molecule has 1 heterocycles. The summed E-state index contributed by atoms with van der Waals surface area (Å²) in [5.41, 5.74) is 2.21. The first-order valence-electron chi connectivity index (χ1n) is 7.32. The summed E-state index contributed by atoms with van der Waals surface area (Å²) in [6.45, 7) is 0.716. The molecule has 0 aromatic carbocycles. The van der Waals surface area contributed by atoms with E-state index in [9.17, 15) is 4.79 Å². The third-order valence-corrected chi connectivity index (χ3v) is 3.72. The van der Waals surface area contributed by atoms with Crippen molar-refractivity contribution in [2.24, 2.45) is 0 Å². The van der Waals surface area contributed by atoms with E-state index in [1.54, 1.807) is 0 Å². The van der Waals surface area contributed by atoms with Crippen molar-refractivity contribution < 1.29 is 15.0 Å². The van der Waals surface area contributed by atoms with E-state index in [0.29, 0.717) is 25.8 Å². The predicted octanol–water partition coefficient (Wildman–Crippen LogP) is 0.532. The zero-order valence-electron chi connectivity index (χ0n) is 11.7. The van der Waals surface area contributed by atoms with Crippen LogP contribution in [0.4, 0.5) is 0 Å². The van der Waals surface area contributed by atoms with Gasteiger partial charge in [0.1, 0.15) is 0 Å². The minimum absolute atomic E-state index is 0.0335. The molecule has 0 aliphatic heterocycles. The fourth-order valence-corrected chi connectivity index (χ4v) is 2.72. The Hall–Kier alpha value is -1.40. The number of carbonyl (C=O) groups is 1. The highest BCUT2D eigenvalue weighted by molar-refractivity contribution is 5.76. The average molecular weight is 281 g/mol. The lowest BCUT2D eigenvalue weighted by Crippen LogP contribution is -2.31. The first-order valence-corrected chi connectivity index (χ1v) is 7.32. The molecule has 2 rings (SSSR count). The Morgan fingerprint density at radius 3 is 3.00 bits per heavy atom. The van der Waals surface area contributed by atoms with Crippen LogP contribution in [0.2, 0.25) is 0 Å². The van der Waals surface area contributed by atoms with Crippen molar-refractivity contribution in [3.8, 4) is 0 Å². The maximum absolute atomic E-state index is 11.9. The van der Waals surface area contributed by atoms with Crippen LogP contribution in [0.1, 0.15) is 49.4 Å². The van der Waals surface area contributed by atoms with Crippen LogP contribution in [-0.4, -0.2) is 39.1 Å². The zero-order chi connectivity index (χ0) is 14.4. The Bertz CT molecular complexity index is 445. The topological polar surface area (TPSA) is 87.4 Å². The Morgan fingerprint density at radius 1 is 1.40 bits per heavy atom. The number of hydrogen-bond acceptors (Lipinski definition) is 4. The van der Waals surface area contributed by atoms with Crippen molar-refractivity contribution in [3.63, 3.8) is 0 Å². The summed E-state index contributed by atoms with van der Waals surface area (Å²) >= 11 is 0. The Balaban J connectivity index is 1.96. The van der Waals surface area contributed by atoms with Gasteiger partial charge in [0.2, 0.25) is 5.91 Å². The number of aromatic nitrogens is 2. The van der Waals surface area contributed by atoms with Gasteiger partial charge < -0.3 is 15.5 Å². The molecule has 1 aliphatic carbocycles. The van der Waals surface area contributed by atoms with E-state index in [4.69, 9.17) is 10.2 Å². The maximum atomic E-state index is 11.9. The van der Waals surface area contributed by atoms with Gasteiger partial charge in [-0.3, -0.25) is 9.48 Å². The summed E-state index contributed by atoms with van der Waals surface area (Å²) in [5, 5.41) is 25.1. The van der Waals surface area contributed by atoms with Crippen LogP contribution in [0.3, 0.4) is 0 Å². The van der Waals surface area contributed by atoms with Crippen molar-refractivity contribution in [2.45, 2.75) is 51.1 Å². The number of unbranched alkanes of at least 4 members (excludes halogenated alkanes) is 1. The van der Waals surface area contributed by atoms with Crippen molar-refractivity contribution >= 4 is 5.91 Å². The van der Waals surface area contributed by atoms with Gasteiger partial charge in [0, 0.05) is 24.3 Å². The number of carbonyl (C=O) groups excluding carboxylic acids is 1. The summed E-state index contributed by atoms with van der Waals surface area (Å²) < 4.78 is 1.83. The fourth-order valence-electron chi connectivity index (χ4n) is 2.72. The molecule has 20 heavy (non-hydrogen) atoms. The van der Waals surface area contributed by atoms with E-state index in [2.05, 4.69) is 10.4 Å². The molecule has 0 spiro atoms. The van der Waals surface area contributed by atoms with Gasteiger partial charge in [-0.25, -0.2) is 0 Å². The lowest BCUT2D eigenvalue weighted by atomic mass is 9.93. The number of aliphatic hydroxyl groups is 2. The monoisotopic (exact) mass is 281 g/mol. The highest BCUT2D eigenvalue weighted by Crippen LogP contribution is 2.29. The first-order chi connectivity index (χ1) is 9.76. The maximum Gasteiger partial charge on any atom is 0.220 e. The highest BCUT2D eigenvalue weighted by atomic mass is 16.3. The molecule has 1 aliphatic rings. The number of nitrogens with one attached hydrogen (secondary N) is 1. The van der Waals surface area contributed by atoms with E-state index >= 15 is 0 Å². The lowest BCUT2D eigenvalue weighted by Gasteiger charge is -2.24. The average Bonchev–Trinajstić information content (AvgIpc) is 2.84. The molecule has 0 radical (unpaired) electrons. The predicted molar refractivity (Wildman–Crippen MR) is 74.1 cm³/mol. The number of fused-ring (bicyclic) bond motifs is 1. The van der Waals surface area contributed by atoms with E-state index in [0.717, 1.165) is 30.5 Å². The number of nitrogens with zero attached hydrogens (tertiary/aromatic N) is 2. The van der Waals surface area contributed by atoms with Gasteiger partial charge in [0.05, 0.1) is 25.4 Å². The molecule has 6 nitrogen and oxygen atoms in total. The fraction of sp³-hybridized carbons (Fsp3) is 0.714. The Morgan fingerprint density at radius 2 is 2.25 bits per heavy atom. The second-order valence-corrected chi connectivity index (χ2v) is 5.19. The van der Waals surface area contributed by atoms with Crippen LogP contribution < -0.4 is 5.32 Å². The van der Waals surface area contributed by atoms with Crippen molar-refractivity contribution in [1.29, 1.82) is 0 Å². The third-order valence-electron chi connectivity index (χ3n) is 3.72. The molecule has 1 atom stereocenters. The largest absolute Gasteiger partial charge is 0.396 e. The van der Waals surface area contributed by atoms with Crippen LogP contribution in [0.25, 0.3) is 0 Å². The Kier molecular flexibility index (Phi) is 5.55. The van der Waals surface area contributed by atoms with Crippen LogP contribution >= 0.6 is 0 Å². The summed E-state index contributed by atoms with van der Waals surface area (Å²) in [7, 11) is 0. The van der Waals surface area contributed by atoms with Gasteiger partial charge in [-0.05, 0) is 32.1 Å². The van der Waals surface area contributed by atoms with Crippen LogP contribution in [0.15, 0.2) is 6.20 Å². The van der Waals surface area contributed by atoms with Gasteiger partial charge in [0.25, 0.3) is 0 Å².